The molecule has 0 aliphatic carbocycles. The number of rotatable bonds is 28. The minimum atomic E-state index is -2.20. The predicted octanol–water partition coefficient (Wildman–Crippen LogP) is 13.2. The van der Waals surface area contributed by atoms with Crippen LogP contribution in [0, 0.1) is 0 Å². The molecule has 1 aromatic rings. The lowest BCUT2D eigenvalue weighted by atomic mass is 9.99. The summed E-state index contributed by atoms with van der Waals surface area (Å²) >= 11 is 0. The van der Waals surface area contributed by atoms with E-state index in [1.165, 1.54) is 18.4 Å². The first-order valence-electron chi connectivity index (χ1n) is 21.9. The van der Waals surface area contributed by atoms with E-state index >= 15 is 0 Å². The number of hydrogen-bond donors (Lipinski definition) is 1. The second-order valence-corrected chi connectivity index (χ2v) is 35.0. The van der Waals surface area contributed by atoms with Gasteiger partial charge in [-0.3, -0.25) is 0 Å². The molecule has 0 saturated carbocycles. The van der Waals surface area contributed by atoms with Crippen LogP contribution in [0.4, 0.5) is 0 Å². The SMILES string of the molecule is CCCC[C@@H](CCC/C=C/[C@H](OCOC)[C@@H](O)CC[C@@H](O[Si](C)(C)C(C)(C)C)[C@@H](CCCOCc1ccccc1)O[Si](C)(C)C(C)(C)C)O[Si](C)(C)C(C)(C)C. The third kappa shape index (κ3) is 19.6. The van der Waals surface area contributed by atoms with Crippen LogP contribution in [0.25, 0.3) is 0 Å². The molecule has 0 aliphatic rings. The monoisotopic (exact) mass is 839 g/mol. The Morgan fingerprint density at radius 1 is 0.661 bits per heavy atom. The molecule has 56 heavy (non-hydrogen) atoms. The molecule has 0 bridgehead atoms. The van der Waals surface area contributed by atoms with Crippen molar-refractivity contribution in [2.24, 2.45) is 0 Å². The molecule has 7 nitrogen and oxygen atoms in total. The van der Waals surface area contributed by atoms with Gasteiger partial charge in [-0.1, -0.05) is 125 Å². The second-order valence-electron chi connectivity index (χ2n) is 20.7. The van der Waals surface area contributed by atoms with E-state index in [1.807, 2.05) is 12.1 Å². The smallest absolute Gasteiger partial charge is 0.192 e. The van der Waals surface area contributed by atoms with Crippen LogP contribution in [0.5, 0.6) is 0 Å². The van der Waals surface area contributed by atoms with E-state index in [0.717, 1.165) is 38.5 Å². The number of hydrogen-bond acceptors (Lipinski definition) is 7. The van der Waals surface area contributed by atoms with E-state index in [-0.39, 0.29) is 34.1 Å². The molecule has 0 amide bonds. The molecule has 0 spiro atoms. The third-order valence-corrected chi connectivity index (χ3v) is 26.2. The van der Waals surface area contributed by atoms with Crippen LogP contribution in [0.15, 0.2) is 42.5 Å². The average molecular weight is 839 g/mol. The Bertz CT molecular complexity index is 1200. The summed E-state index contributed by atoms with van der Waals surface area (Å²) in [6, 6.07) is 10.3. The second kappa shape index (κ2) is 24.6. The number of benzene rings is 1. The molecule has 0 heterocycles. The summed E-state index contributed by atoms with van der Waals surface area (Å²) in [4.78, 5) is 0. The van der Waals surface area contributed by atoms with Crippen molar-refractivity contribution in [3.63, 3.8) is 0 Å². The van der Waals surface area contributed by atoms with Crippen molar-refractivity contribution < 1.29 is 32.6 Å². The van der Waals surface area contributed by atoms with Gasteiger partial charge in [-0.25, -0.2) is 0 Å². The van der Waals surface area contributed by atoms with E-state index in [9.17, 15) is 5.11 Å². The van der Waals surface area contributed by atoms with Gasteiger partial charge in [0.15, 0.2) is 25.0 Å². The van der Waals surface area contributed by atoms with E-state index in [2.05, 4.69) is 139 Å². The topological polar surface area (TPSA) is 75.6 Å². The lowest BCUT2D eigenvalue weighted by molar-refractivity contribution is -0.0972. The summed E-state index contributed by atoms with van der Waals surface area (Å²) in [6.45, 7) is 38.3. The fraction of sp³-hybridized carbons (Fsp3) is 0.826. The first-order valence-corrected chi connectivity index (χ1v) is 30.6. The van der Waals surface area contributed by atoms with Crippen molar-refractivity contribution in [3.05, 3.63) is 48.0 Å². The number of allylic oxidation sites excluding steroid dienone is 1. The number of aliphatic hydroxyl groups excluding tert-OH is 1. The van der Waals surface area contributed by atoms with Crippen LogP contribution in [0.3, 0.4) is 0 Å². The van der Waals surface area contributed by atoms with Gasteiger partial charge in [0.05, 0.1) is 24.9 Å². The van der Waals surface area contributed by atoms with Crippen molar-refractivity contribution in [1.29, 1.82) is 0 Å². The average Bonchev–Trinajstić information content (AvgIpc) is 3.08. The Morgan fingerprint density at radius 3 is 1.70 bits per heavy atom. The van der Waals surface area contributed by atoms with Crippen molar-refractivity contribution in [2.45, 2.75) is 225 Å². The van der Waals surface area contributed by atoms with Gasteiger partial charge in [-0.15, -0.1) is 0 Å². The molecule has 0 aliphatic heterocycles. The van der Waals surface area contributed by atoms with Gasteiger partial charge in [0.25, 0.3) is 0 Å². The zero-order chi connectivity index (χ0) is 42.8. The standard InChI is InChI=1S/C46H90O7Si3/c1-18-19-29-39(51-54(12,13)44(2,3)4)30-24-21-25-31-41(50-37-48-11)40(47)33-34-43(53-56(16,17)46(8,9)10)42(52-55(14,15)45(5,6)7)32-26-35-49-36-38-27-22-20-23-28-38/h20,22-23,25,27-28,31,39-43,47H,18-19,21,24,26,29-30,32-37H2,1-17H3/b31-25+/t39-,40-,41-,42+,43+/m0/s1. The Labute approximate surface area is 349 Å². The maximum Gasteiger partial charge on any atom is 0.192 e. The van der Waals surface area contributed by atoms with Gasteiger partial charge in [-0.05, 0) is 111 Å². The molecule has 5 atom stereocenters. The Hall–Kier alpha value is -0.669. The van der Waals surface area contributed by atoms with Gasteiger partial charge in [0.2, 0.25) is 0 Å². The summed E-state index contributed by atoms with van der Waals surface area (Å²) in [7, 11) is -4.57. The zero-order valence-electron chi connectivity index (χ0n) is 39.5. The van der Waals surface area contributed by atoms with E-state index in [0.29, 0.717) is 32.2 Å². The molecular weight excluding hydrogens is 749 g/mol. The summed E-state index contributed by atoms with van der Waals surface area (Å²) in [5.74, 6) is 0. The molecule has 0 saturated heterocycles. The van der Waals surface area contributed by atoms with Crippen LogP contribution in [0.1, 0.15) is 139 Å². The van der Waals surface area contributed by atoms with Gasteiger partial charge in [-0.2, -0.15) is 0 Å². The first kappa shape index (κ1) is 53.3. The maximum absolute atomic E-state index is 11.7. The molecule has 0 aromatic heterocycles. The van der Waals surface area contributed by atoms with Gasteiger partial charge in [0, 0.05) is 19.8 Å². The summed E-state index contributed by atoms with van der Waals surface area (Å²) in [5, 5.41) is 12.0. The van der Waals surface area contributed by atoms with Crippen molar-refractivity contribution in [1.82, 2.24) is 0 Å². The molecule has 0 unspecified atom stereocenters. The fourth-order valence-electron chi connectivity index (χ4n) is 5.82. The highest BCUT2D eigenvalue weighted by molar-refractivity contribution is 6.75. The Morgan fingerprint density at radius 2 is 1.18 bits per heavy atom. The largest absolute Gasteiger partial charge is 0.414 e. The minimum Gasteiger partial charge on any atom is -0.414 e. The van der Waals surface area contributed by atoms with Gasteiger partial charge < -0.3 is 32.6 Å². The number of unbranched alkanes of at least 4 members (excludes halogenated alkanes) is 2. The lowest BCUT2D eigenvalue weighted by Crippen LogP contribution is -2.52. The van der Waals surface area contributed by atoms with Crippen LogP contribution in [0.2, 0.25) is 54.4 Å². The summed E-state index contributed by atoms with van der Waals surface area (Å²) < 4.78 is 38.9. The summed E-state index contributed by atoms with van der Waals surface area (Å²) in [5.41, 5.74) is 1.18. The highest BCUT2D eigenvalue weighted by atomic mass is 28.4. The van der Waals surface area contributed by atoms with E-state index in [4.69, 9.17) is 27.5 Å². The number of ether oxygens (including phenoxy) is 3. The van der Waals surface area contributed by atoms with Crippen LogP contribution >= 0.6 is 0 Å². The molecule has 0 radical (unpaired) electrons. The third-order valence-electron chi connectivity index (χ3n) is 12.7. The van der Waals surface area contributed by atoms with Crippen LogP contribution < -0.4 is 0 Å². The van der Waals surface area contributed by atoms with Gasteiger partial charge in [0.1, 0.15) is 12.9 Å². The Balaban J connectivity index is 3.20. The quantitative estimate of drug-likeness (QED) is 0.0390. The van der Waals surface area contributed by atoms with Crippen LogP contribution in [-0.4, -0.2) is 81.1 Å². The zero-order valence-corrected chi connectivity index (χ0v) is 42.5. The molecule has 0 fully saturated rings. The van der Waals surface area contributed by atoms with Crippen molar-refractivity contribution in [2.75, 3.05) is 20.5 Å². The maximum atomic E-state index is 11.7. The lowest BCUT2D eigenvalue weighted by Gasteiger charge is -2.45. The highest BCUT2D eigenvalue weighted by Gasteiger charge is 2.45. The summed E-state index contributed by atoms with van der Waals surface area (Å²) in [6.07, 6.45) is 12.4. The number of methoxy groups -OCH3 is 1. The fourth-order valence-corrected chi connectivity index (χ4v) is 10.0. The van der Waals surface area contributed by atoms with E-state index in [1.54, 1.807) is 7.11 Å². The minimum absolute atomic E-state index is 0.0301. The van der Waals surface area contributed by atoms with Crippen molar-refractivity contribution in [3.8, 4) is 0 Å². The Kier molecular flexibility index (Phi) is 23.4. The molecular formula is C46H90O7Si3. The van der Waals surface area contributed by atoms with E-state index < -0.39 is 37.2 Å². The first-order chi connectivity index (χ1) is 25.8. The van der Waals surface area contributed by atoms with Crippen molar-refractivity contribution >= 4 is 25.0 Å². The molecule has 10 heteroatoms. The predicted molar refractivity (Wildman–Crippen MR) is 246 cm³/mol. The normalized spacial score (nSPS) is 16.6. The molecule has 328 valence electrons. The molecule has 1 rings (SSSR count). The molecule has 1 N–H and O–H groups in total. The van der Waals surface area contributed by atoms with Crippen LogP contribution in [-0.2, 0) is 34.1 Å². The number of aliphatic hydroxyl groups is 1. The molecule has 1 aromatic carbocycles. The van der Waals surface area contributed by atoms with Gasteiger partial charge >= 0.3 is 0 Å². The highest BCUT2D eigenvalue weighted by Crippen LogP contribution is 2.42.